The second-order valence-corrected chi connectivity index (χ2v) is 5.52. The Bertz CT molecular complexity index is 786. The lowest BCUT2D eigenvalue weighted by atomic mass is 10.0. The van der Waals surface area contributed by atoms with E-state index in [9.17, 15) is 4.79 Å². The minimum absolute atomic E-state index is 0.131. The zero-order chi connectivity index (χ0) is 15.8. The van der Waals surface area contributed by atoms with Crippen molar-refractivity contribution in [1.29, 1.82) is 0 Å². The Hall–Kier alpha value is -2.95. The van der Waals surface area contributed by atoms with Gasteiger partial charge in [-0.3, -0.25) is 4.90 Å². The molecule has 0 spiro atoms. The molecule has 2 aromatic rings. The largest absolute Gasteiger partial charge is 0.454 e. The van der Waals surface area contributed by atoms with E-state index in [4.69, 9.17) is 9.47 Å². The zero-order valence-corrected chi connectivity index (χ0v) is 12.7. The molecule has 116 valence electrons. The highest BCUT2D eigenvalue weighted by molar-refractivity contribution is 5.88. The molecule has 23 heavy (non-hydrogen) atoms. The first-order valence-electron chi connectivity index (χ1n) is 7.43. The Balaban J connectivity index is 1.74. The van der Waals surface area contributed by atoms with E-state index in [0.29, 0.717) is 5.75 Å². The van der Waals surface area contributed by atoms with Gasteiger partial charge in [0.15, 0.2) is 11.5 Å². The molecule has 0 bridgehead atoms. The van der Waals surface area contributed by atoms with Gasteiger partial charge in [-0.2, -0.15) is 0 Å². The maximum Gasteiger partial charge on any atom is 0.322 e. The van der Waals surface area contributed by atoms with E-state index in [-0.39, 0.29) is 18.9 Å². The van der Waals surface area contributed by atoms with Gasteiger partial charge >= 0.3 is 6.03 Å². The Labute approximate surface area is 134 Å². The van der Waals surface area contributed by atoms with Crippen molar-refractivity contribution in [2.24, 2.45) is 0 Å². The molecule has 0 saturated carbocycles. The molecule has 0 aliphatic carbocycles. The normalized spacial score (nSPS) is 19.3. The second-order valence-electron chi connectivity index (χ2n) is 5.52. The van der Waals surface area contributed by atoms with Gasteiger partial charge in [0, 0.05) is 7.05 Å². The van der Waals surface area contributed by atoms with Crippen LogP contribution in [0.1, 0.15) is 17.2 Å². The summed E-state index contributed by atoms with van der Waals surface area (Å²) in [5, 5.41) is 2.99. The van der Waals surface area contributed by atoms with Gasteiger partial charge < -0.3 is 14.8 Å². The van der Waals surface area contributed by atoms with Crippen LogP contribution in [0.15, 0.2) is 54.6 Å². The summed E-state index contributed by atoms with van der Waals surface area (Å²) in [4.78, 5) is 13.9. The average molecular weight is 308 g/mol. The van der Waals surface area contributed by atoms with Crippen LogP contribution in [0.25, 0.3) is 5.70 Å². The molecule has 0 radical (unpaired) electrons. The number of urea groups is 1. The quantitative estimate of drug-likeness (QED) is 0.927. The van der Waals surface area contributed by atoms with E-state index in [1.807, 2.05) is 54.6 Å². The molecule has 0 aromatic heterocycles. The molecule has 1 N–H and O–H groups in total. The predicted molar refractivity (Wildman–Crippen MR) is 86.0 cm³/mol. The van der Waals surface area contributed by atoms with Gasteiger partial charge in [-0.1, -0.05) is 36.4 Å². The fourth-order valence-electron chi connectivity index (χ4n) is 2.84. The molecule has 2 aliphatic heterocycles. The number of nitrogens with zero attached hydrogens (tertiary/aromatic N) is 1. The summed E-state index contributed by atoms with van der Waals surface area (Å²) in [6.45, 7) is 0.240. The van der Waals surface area contributed by atoms with Crippen LogP contribution in [0, 0.1) is 0 Å². The molecule has 4 rings (SSSR count). The second kappa shape index (κ2) is 5.35. The summed E-state index contributed by atoms with van der Waals surface area (Å²) in [5.41, 5.74) is 2.86. The zero-order valence-electron chi connectivity index (χ0n) is 12.7. The van der Waals surface area contributed by atoms with Crippen LogP contribution in [0.5, 0.6) is 11.5 Å². The first kappa shape index (κ1) is 13.7. The van der Waals surface area contributed by atoms with E-state index in [2.05, 4.69) is 5.32 Å². The van der Waals surface area contributed by atoms with Gasteiger partial charge in [0.2, 0.25) is 6.79 Å². The first-order valence-corrected chi connectivity index (χ1v) is 7.43. The molecule has 0 saturated heterocycles. The van der Waals surface area contributed by atoms with Crippen molar-refractivity contribution in [2.45, 2.75) is 6.04 Å². The molecule has 2 aromatic carbocycles. The van der Waals surface area contributed by atoms with Crippen LogP contribution in [-0.2, 0) is 0 Å². The number of rotatable bonds is 2. The van der Waals surface area contributed by atoms with Gasteiger partial charge in [0.1, 0.15) is 0 Å². The van der Waals surface area contributed by atoms with Crippen molar-refractivity contribution < 1.29 is 14.3 Å². The first-order chi connectivity index (χ1) is 11.2. The molecule has 1 atom stereocenters. The highest BCUT2D eigenvalue weighted by Crippen LogP contribution is 2.36. The van der Waals surface area contributed by atoms with Crippen molar-refractivity contribution in [3.63, 3.8) is 0 Å². The molecule has 2 aliphatic rings. The summed E-state index contributed by atoms with van der Waals surface area (Å²) in [6, 6.07) is 15.3. The maximum atomic E-state index is 12.3. The van der Waals surface area contributed by atoms with E-state index < -0.39 is 0 Å². The molecule has 5 nitrogen and oxygen atoms in total. The number of benzene rings is 2. The Morgan fingerprint density at radius 3 is 2.70 bits per heavy atom. The monoisotopic (exact) mass is 308 g/mol. The highest BCUT2D eigenvalue weighted by atomic mass is 16.7. The van der Waals surface area contributed by atoms with Crippen LogP contribution in [0.4, 0.5) is 4.79 Å². The van der Waals surface area contributed by atoms with Crippen LogP contribution >= 0.6 is 0 Å². The van der Waals surface area contributed by atoms with Crippen molar-refractivity contribution >= 4 is 11.7 Å². The lowest BCUT2D eigenvalue weighted by molar-refractivity contribution is 0.174. The fraction of sp³-hybridized carbons (Fsp3) is 0.167. The number of carbonyl (C=O) groups is 1. The van der Waals surface area contributed by atoms with Gasteiger partial charge in [-0.15, -0.1) is 0 Å². The third-order valence-corrected chi connectivity index (χ3v) is 4.09. The SMILES string of the molecule is CN1C(=O)NC(c2ccc3c(c2)OCO3)C=C1c1ccccc1. The number of nitrogens with one attached hydrogen (secondary N) is 1. The van der Waals surface area contributed by atoms with Crippen LogP contribution in [-0.4, -0.2) is 24.8 Å². The number of hydrogen-bond donors (Lipinski definition) is 1. The van der Waals surface area contributed by atoms with Crippen LogP contribution in [0.2, 0.25) is 0 Å². The maximum absolute atomic E-state index is 12.3. The molecule has 2 amide bonds. The summed E-state index contributed by atoms with van der Waals surface area (Å²) in [7, 11) is 1.77. The molecular weight excluding hydrogens is 292 g/mol. The number of carbonyl (C=O) groups excluding carboxylic acids is 1. The molecule has 2 heterocycles. The van der Waals surface area contributed by atoms with Gasteiger partial charge in [0.25, 0.3) is 0 Å². The smallest absolute Gasteiger partial charge is 0.322 e. The predicted octanol–water partition coefficient (Wildman–Crippen LogP) is 3.15. The van der Waals surface area contributed by atoms with Crippen molar-refractivity contribution in [3.8, 4) is 11.5 Å². The minimum Gasteiger partial charge on any atom is -0.454 e. The Morgan fingerprint density at radius 2 is 1.87 bits per heavy atom. The molecule has 0 fully saturated rings. The van der Waals surface area contributed by atoms with E-state index in [1.165, 1.54) is 0 Å². The van der Waals surface area contributed by atoms with Crippen molar-refractivity contribution in [1.82, 2.24) is 10.2 Å². The third-order valence-electron chi connectivity index (χ3n) is 4.09. The number of fused-ring (bicyclic) bond motifs is 1. The molecule has 1 unspecified atom stereocenters. The fourth-order valence-corrected chi connectivity index (χ4v) is 2.84. The van der Waals surface area contributed by atoms with Crippen molar-refractivity contribution in [2.75, 3.05) is 13.8 Å². The van der Waals surface area contributed by atoms with E-state index >= 15 is 0 Å². The summed E-state index contributed by atoms with van der Waals surface area (Å²) in [6.07, 6.45) is 2.05. The standard InChI is InChI=1S/C18H16N2O3/c1-20-15(12-5-3-2-4-6-12)10-14(19-18(20)21)13-7-8-16-17(9-13)23-11-22-16/h2-10,14H,11H2,1H3,(H,19,21). The molecular formula is C18H16N2O3. The van der Waals surface area contributed by atoms with Crippen LogP contribution in [0.3, 0.4) is 0 Å². The average Bonchev–Trinajstić information content (AvgIpc) is 3.05. The highest BCUT2D eigenvalue weighted by Gasteiger charge is 2.26. The Kier molecular flexibility index (Phi) is 3.19. The third kappa shape index (κ3) is 2.40. The van der Waals surface area contributed by atoms with Gasteiger partial charge in [-0.05, 0) is 29.3 Å². The number of hydrogen-bond acceptors (Lipinski definition) is 3. The summed E-state index contributed by atoms with van der Waals surface area (Å²) >= 11 is 0. The van der Waals surface area contributed by atoms with E-state index in [1.54, 1.807) is 11.9 Å². The van der Waals surface area contributed by atoms with Crippen molar-refractivity contribution in [3.05, 3.63) is 65.7 Å². The number of ether oxygens (including phenoxy) is 2. The van der Waals surface area contributed by atoms with E-state index in [0.717, 1.165) is 22.6 Å². The number of amides is 2. The molecule has 5 heteroatoms. The summed E-state index contributed by atoms with van der Waals surface area (Å²) in [5.74, 6) is 1.45. The lowest BCUT2D eigenvalue weighted by Gasteiger charge is -2.30. The van der Waals surface area contributed by atoms with Crippen LogP contribution < -0.4 is 14.8 Å². The topological polar surface area (TPSA) is 50.8 Å². The Morgan fingerprint density at radius 1 is 1.09 bits per heavy atom. The summed E-state index contributed by atoms with van der Waals surface area (Å²) < 4.78 is 10.8. The lowest BCUT2D eigenvalue weighted by Crippen LogP contribution is -2.42. The van der Waals surface area contributed by atoms with Gasteiger partial charge in [-0.25, -0.2) is 4.79 Å². The van der Waals surface area contributed by atoms with Gasteiger partial charge in [0.05, 0.1) is 11.7 Å². The minimum atomic E-state index is -0.205.